The summed E-state index contributed by atoms with van der Waals surface area (Å²) >= 11 is 0. The van der Waals surface area contributed by atoms with Crippen LogP contribution < -0.4 is 4.74 Å². The van der Waals surface area contributed by atoms with Gasteiger partial charge in [-0.2, -0.15) is 0 Å². The van der Waals surface area contributed by atoms with E-state index >= 15 is 0 Å². The number of allylic oxidation sites excluding steroid dienone is 1. The molecule has 0 aliphatic carbocycles. The Kier molecular flexibility index (Phi) is 8.41. The van der Waals surface area contributed by atoms with Gasteiger partial charge in [-0.05, 0) is 30.9 Å². The van der Waals surface area contributed by atoms with Gasteiger partial charge in [-0.25, -0.2) is 4.79 Å². The van der Waals surface area contributed by atoms with Crippen molar-refractivity contribution in [3.05, 3.63) is 62.2 Å². The summed E-state index contributed by atoms with van der Waals surface area (Å²) in [5.41, 5.74) is 0.688. The SMILES string of the molecule is C/C=C/C(=O)Oc1ccccc1C(CC)CC(CC(C)[N+](=O)[O-])[N+](=O)[O-]. The quantitative estimate of drug-likeness (QED) is 0.205. The Morgan fingerprint density at radius 3 is 2.38 bits per heavy atom. The van der Waals surface area contributed by atoms with Crippen LogP contribution in [0.15, 0.2) is 36.4 Å². The molecule has 0 N–H and O–H groups in total. The number of esters is 1. The number of para-hydroxylation sites is 1. The summed E-state index contributed by atoms with van der Waals surface area (Å²) in [7, 11) is 0. The molecule has 0 fully saturated rings. The van der Waals surface area contributed by atoms with E-state index in [4.69, 9.17) is 4.74 Å². The Bertz CT molecular complexity index is 673. The molecule has 0 radical (unpaired) electrons. The van der Waals surface area contributed by atoms with Crippen LogP contribution in [0.3, 0.4) is 0 Å². The monoisotopic (exact) mass is 364 g/mol. The Morgan fingerprint density at radius 1 is 1.19 bits per heavy atom. The van der Waals surface area contributed by atoms with Gasteiger partial charge >= 0.3 is 5.97 Å². The molecular formula is C18H24N2O6. The minimum Gasteiger partial charge on any atom is -0.423 e. The lowest BCUT2D eigenvalue weighted by Gasteiger charge is -2.20. The summed E-state index contributed by atoms with van der Waals surface area (Å²) < 4.78 is 5.33. The Morgan fingerprint density at radius 2 is 1.85 bits per heavy atom. The van der Waals surface area contributed by atoms with Gasteiger partial charge in [0.1, 0.15) is 5.75 Å². The standard InChI is InChI=1S/C18H24N2O6/c1-4-8-18(21)26-17-10-7-6-9-16(17)14(5-2)12-15(20(24)25)11-13(3)19(22)23/h4,6-10,13-15H,5,11-12H2,1-3H3/b8-4+. The maximum absolute atomic E-state index is 11.7. The third-order valence-corrected chi connectivity index (χ3v) is 4.19. The molecule has 1 rings (SSSR count). The second-order valence-corrected chi connectivity index (χ2v) is 6.11. The van der Waals surface area contributed by atoms with Gasteiger partial charge in [0.15, 0.2) is 0 Å². The van der Waals surface area contributed by atoms with Gasteiger partial charge in [-0.15, -0.1) is 0 Å². The summed E-state index contributed by atoms with van der Waals surface area (Å²) in [5, 5.41) is 22.2. The van der Waals surface area contributed by atoms with E-state index < -0.39 is 27.9 Å². The van der Waals surface area contributed by atoms with Gasteiger partial charge < -0.3 is 4.74 Å². The first kappa shape index (κ1) is 21.3. The number of hydrogen-bond acceptors (Lipinski definition) is 6. The van der Waals surface area contributed by atoms with Crippen molar-refractivity contribution in [3.63, 3.8) is 0 Å². The largest absolute Gasteiger partial charge is 0.423 e. The van der Waals surface area contributed by atoms with E-state index in [2.05, 4.69) is 0 Å². The molecule has 3 unspecified atom stereocenters. The normalized spacial score (nSPS) is 14.6. The van der Waals surface area contributed by atoms with Gasteiger partial charge in [0.2, 0.25) is 12.1 Å². The molecule has 1 aromatic rings. The summed E-state index contributed by atoms with van der Waals surface area (Å²) in [4.78, 5) is 33.0. The van der Waals surface area contributed by atoms with Gasteiger partial charge in [0.05, 0.1) is 6.42 Å². The lowest BCUT2D eigenvalue weighted by molar-refractivity contribution is -0.558. The average molecular weight is 364 g/mol. The first-order valence-electron chi connectivity index (χ1n) is 8.50. The van der Waals surface area contributed by atoms with Crippen molar-refractivity contribution in [3.8, 4) is 5.75 Å². The van der Waals surface area contributed by atoms with Crippen molar-refractivity contribution in [2.24, 2.45) is 0 Å². The van der Waals surface area contributed by atoms with Crippen molar-refractivity contribution in [2.75, 3.05) is 0 Å². The summed E-state index contributed by atoms with van der Waals surface area (Å²) in [5.74, 6) is -0.423. The second-order valence-electron chi connectivity index (χ2n) is 6.11. The Labute approximate surface area is 152 Å². The van der Waals surface area contributed by atoms with Crippen LogP contribution in [-0.4, -0.2) is 27.9 Å². The van der Waals surface area contributed by atoms with Gasteiger partial charge in [0.25, 0.3) is 0 Å². The Hall–Kier alpha value is -2.77. The molecule has 0 heterocycles. The first-order valence-corrected chi connectivity index (χ1v) is 8.50. The van der Waals surface area contributed by atoms with E-state index in [1.807, 2.05) is 6.92 Å². The van der Waals surface area contributed by atoms with Crippen molar-refractivity contribution < 1.29 is 19.4 Å². The van der Waals surface area contributed by atoms with Crippen LogP contribution in [0.2, 0.25) is 0 Å². The molecule has 0 bridgehead atoms. The minimum atomic E-state index is -1.04. The van der Waals surface area contributed by atoms with E-state index in [0.717, 1.165) is 0 Å². The van der Waals surface area contributed by atoms with Gasteiger partial charge in [-0.3, -0.25) is 20.2 Å². The molecule has 0 saturated heterocycles. The number of benzene rings is 1. The topological polar surface area (TPSA) is 113 Å². The highest BCUT2D eigenvalue weighted by atomic mass is 16.6. The zero-order valence-corrected chi connectivity index (χ0v) is 15.2. The van der Waals surface area contributed by atoms with Crippen LogP contribution in [0, 0.1) is 20.2 Å². The molecule has 0 spiro atoms. The van der Waals surface area contributed by atoms with E-state index in [1.54, 1.807) is 37.3 Å². The third-order valence-electron chi connectivity index (χ3n) is 4.19. The molecule has 0 aromatic heterocycles. The van der Waals surface area contributed by atoms with Crippen LogP contribution in [0.25, 0.3) is 0 Å². The van der Waals surface area contributed by atoms with Crippen LogP contribution in [0.5, 0.6) is 5.75 Å². The van der Waals surface area contributed by atoms with Crippen LogP contribution in [0.4, 0.5) is 0 Å². The van der Waals surface area contributed by atoms with E-state index in [9.17, 15) is 25.0 Å². The lowest BCUT2D eigenvalue weighted by Crippen LogP contribution is -2.30. The van der Waals surface area contributed by atoms with Crippen molar-refractivity contribution >= 4 is 5.97 Å². The average Bonchev–Trinajstić information content (AvgIpc) is 2.59. The molecule has 0 aliphatic heterocycles. The number of nitrogens with zero attached hydrogens (tertiary/aromatic N) is 2. The highest BCUT2D eigenvalue weighted by Crippen LogP contribution is 2.33. The maximum Gasteiger partial charge on any atom is 0.335 e. The van der Waals surface area contributed by atoms with E-state index in [-0.39, 0.29) is 18.8 Å². The van der Waals surface area contributed by atoms with E-state index in [1.165, 1.54) is 13.0 Å². The minimum absolute atomic E-state index is 0.139. The molecule has 142 valence electrons. The molecule has 1 aromatic carbocycles. The summed E-state index contributed by atoms with van der Waals surface area (Å²) in [6, 6.07) is 4.85. The number of carbonyl (C=O) groups excluding carboxylic acids is 1. The zero-order chi connectivity index (χ0) is 19.7. The number of hydrogen-bond donors (Lipinski definition) is 0. The fraction of sp³-hybridized carbons (Fsp3) is 0.500. The summed E-state index contributed by atoms with van der Waals surface area (Å²) in [6.45, 7) is 4.94. The predicted molar refractivity (Wildman–Crippen MR) is 96.4 cm³/mol. The third kappa shape index (κ3) is 6.27. The van der Waals surface area contributed by atoms with Crippen molar-refractivity contribution in [1.82, 2.24) is 0 Å². The summed E-state index contributed by atoms with van der Waals surface area (Å²) in [6.07, 6.45) is 3.42. The fourth-order valence-corrected chi connectivity index (χ4v) is 2.78. The fourth-order valence-electron chi connectivity index (χ4n) is 2.78. The lowest BCUT2D eigenvalue weighted by atomic mass is 9.87. The predicted octanol–water partition coefficient (Wildman–Crippen LogP) is 3.75. The number of nitro groups is 2. The first-order chi connectivity index (χ1) is 12.3. The molecule has 26 heavy (non-hydrogen) atoms. The number of ether oxygens (including phenoxy) is 1. The smallest absolute Gasteiger partial charge is 0.335 e. The van der Waals surface area contributed by atoms with Crippen molar-refractivity contribution in [1.29, 1.82) is 0 Å². The molecular weight excluding hydrogens is 340 g/mol. The van der Waals surface area contributed by atoms with Crippen LogP contribution in [-0.2, 0) is 4.79 Å². The van der Waals surface area contributed by atoms with E-state index in [0.29, 0.717) is 17.7 Å². The Balaban J connectivity index is 3.04. The van der Waals surface area contributed by atoms with Crippen LogP contribution in [0.1, 0.15) is 51.5 Å². The second kappa shape index (κ2) is 10.3. The highest BCUT2D eigenvalue weighted by molar-refractivity contribution is 5.84. The van der Waals surface area contributed by atoms with Crippen LogP contribution >= 0.6 is 0 Å². The zero-order valence-electron chi connectivity index (χ0n) is 15.2. The molecule has 8 nitrogen and oxygen atoms in total. The molecule has 0 amide bonds. The van der Waals surface area contributed by atoms with Crippen molar-refractivity contribution in [2.45, 2.75) is 58.0 Å². The highest BCUT2D eigenvalue weighted by Gasteiger charge is 2.32. The maximum atomic E-state index is 11.7. The van der Waals surface area contributed by atoms with Gasteiger partial charge in [-0.1, -0.05) is 31.2 Å². The molecule has 0 aliphatic rings. The number of rotatable bonds is 10. The number of carbonyl (C=O) groups is 1. The molecule has 0 saturated carbocycles. The molecule has 8 heteroatoms. The van der Waals surface area contributed by atoms with Gasteiger partial charge in [0, 0.05) is 29.3 Å². The molecule has 3 atom stereocenters.